The number of nitro groups is 1. The largest absolute Gasteiger partial charge is 0.573 e. The number of benzene rings is 1. The van der Waals surface area contributed by atoms with Crippen LogP contribution in [-0.2, 0) is 6.54 Å². The molecule has 3 aliphatic heterocycles. The third kappa shape index (κ3) is 7.08. The third-order valence-corrected chi connectivity index (χ3v) is 7.58. The van der Waals surface area contributed by atoms with Crippen LogP contribution < -0.4 is 9.47 Å². The fourth-order valence-corrected chi connectivity index (χ4v) is 5.71. The van der Waals surface area contributed by atoms with Gasteiger partial charge < -0.3 is 19.6 Å². The van der Waals surface area contributed by atoms with Crippen LogP contribution >= 0.6 is 0 Å². The molecule has 13 heteroatoms. The number of piperidine rings is 1. The Balaban J connectivity index is 1.00. The first-order valence-electron chi connectivity index (χ1n) is 13.2. The zero-order valence-corrected chi connectivity index (χ0v) is 21.8. The van der Waals surface area contributed by atoms with Gasteiger partial charge in [-0.2, -0.15) is 0 Å². The fraction of sp³-hybridized carbons (Fsp3) is 0.577. The van der Waals surface area contributed by atoms with E-state index in [4.69, 9.17) is 4.74 Å². The summed E-state index contributed by atoms with van der Waals surface area (Å²) < 4.78 is 48.5. The quantitative estimate of drug-likeness (QED) is 0.364. The molecule has 1 aromatic carbocycles. The number of piperazine rings is 1. The van der Waals surface area contributed by atoms with Crippen LogP contribution in [0.4, 0.5) is 19.0 Å². The Hall–Kier alpha value is -3.16. The highest BCUT2D eigenvalue weighted by Crippen LogP contribution is 2.32. The van der Waals surface area contributed by atoms with E-state index >= 15 is 0 Å². The van der Waals surface area contributed by atoms with Crippen molar-refractivity contribution < 1.29 is 27.6 Å². The molecule has 0 radical (unpaired) electrons. The van der Waals surface area contributed by atoms with Gasteiger partial charge in [-0.1, -0.05) is 24.3 Å². The maximum absolute atomic E-state index is 12.3. The second-order valence-corrected chi connectivity index (χ2v) is 10.7. The Morgan fingerprint density at radius 2 is 1.82 bits per heavy atom. The minimum Gasteiger partial charge on any atom is -0.436 e. The van der Waals surface area contributed by atoms with Gasteiger partial charge in [-0.15, -0.1) is 13.2 Å². The van der Waals surface area contributed by atoms with Crippen molar-refractivity contribution in [1.82, 2.24) is 24.3 Å². The van der Waals surface area contributed by atoms with Crippen LogP contribution in [0.25, 0.3) is 6.08 Å². The molecule has 0 N–H and O–H groups in total. The molecule has 1 atom stereocenters. The van der Waals surface area contributed by atoms with E-state index < -0.39 is 16.9 Å². The number of hydrogen-bond acceptors (Lipinski definition) is 8. The van der Waals surface area contributed by atoms with Crippen LogP contribution in [0, 0.1) is 10.1 Å². The number of hydrogen-bond donors (Lipinski definition) is 0. The van der Waals surface area contributed by atoms with Crippen LogP contribution in [0.5, 0.6) is 11.8 Å². The molecule has 212 valence electrons. The molecule has 4 heterocycles. The number of alkyl halides is 3. The van der Waals surface area contributed by atoms with Crippen LogP contribution in [0.2, 0.25) is 0 Å². The zero-order valence-electron chi connectivity index (χ0n) is 21.8. The van der Waals surface area contributed by atoms with Gasteiger partial charge in [0, 0.05) is 50.3 Å². The number of likely N-dealkylation sites (tertiary alicyclic amines) is 1. The van der Waals surface area contributed by atoms with Crippen molar-refractivity contribution in [3.63, 3.8) is 0 Å². The predicted molar refractivity (Wildman–Crippen MR) is 138 cm³/mol. The number of aromatic nitrogens is 2. The first-order chi connectivity index (χ1) is 18.6. The molecule has 39 heavy (non-hydrogen) atoms. The average Bonchev–Trinajstić information content (AvgIpc) is 3.40. The van der Waals surface area contributed by atoms with E-state index in [9.17, 15) is 23.3 Å². The van der Waals surface area contributed by atoms with E-state index in [0.29, 0.717) is 18.6 Å². The maximum Gasteiger partial charge on any atom is 0.573 e. The number of nitrogens with zero attached hydrogens (tertiary/aromatic N) is 6. The highest BCUT2D eigenvalue weighted by molar-refractivity contribution is 5.50. The van der Waals surface area contributed by atoms with Crippen LogP contribution in [-0.4, -0.2) is 99.5 Å². The number of imidazole rings is 1. The summed E-state index contributed by atoms with van der Waals surface area (Å²) in [6.45, 7) is 10.1. The van der Waals surface area contributed by atoms with Crippen molar-refractivity contribution in [3.8, 4) is 11.8 Å². The van der Waals surface area contributed by atoms with Crippen molar-refractivity contribution in [2.24, 2.45) is 0 Å². The molecule has 3 aliphatic rings. The highest BCUT2D eigenvalue weighted by Gasteiger charge is 2.42. The number of fused-ring (bicyclic) bond motifs is 1. The molecule has 1 unspecified atom stereocenters. The molecule has 0 amide bonds. The summed E-state index contributed by atoms with van der Waals surface area (Å²) >= 11 is 0. The van der Waals surface area contributed by atoms with E-state index in [-0.39, 0.29) is 11.6 Å². The highest BCUT2D eigenvalue weighted by atomic mass is 19.4. The van der Waals surface area contributed by atoms with Crippen molar-refractivity contribution in [1.29, 1.82) is 0 Å². The van der Waals surface area contributed by atoms with E-state index in [1.807, 2.05) is 13.0 Å². The second kappa shape index (κ2) is 11.1. The summed E-state index contributed by atoms with van der Waals surface area (Å²) in [6, 6.07) is 6.76. The molecule has 10 nitrogen and oxygen atoms in total. The molecule has 1 aromatic heterocycles. The van der Waals surface area contributed by atoms with Gasteiger partial charge in [0.25, 0.3) is 0 Å². The normalized spacial score (nSPS) is 23.7. The van der Waals surface area contributed by atoms with Gasteiger partial charge >= 0.3 is 18.2 Å². The molecule has 2 aromatic rings. The van der Waals surface area contributed by atoms with Crippen LogP contribution in [0.15, 0.2) is 36.5 Å². The minimum absolute atomic E-state index is 0.184. The third-order valence-electron chi connectivity index (χ3n) is 7.58. The maximum atomic E-state index is 12.3. The molecular formula is C26H33F3N6O4. The first kappa shape index (κ1) is 27.4. The van der Waals surface area contributed by atoms with Gasteiger partial charge in [-0.25, -0.2) is 0 Å². The SMILES string of the molecule is CC1(CN2CCN(C3CCN(CC=Cc4ccc(OC(F)(F)F)cc4)CC3)CC2)Cn2cc([N+](=O)[O-])nc2O1. The zero-order chi connectivity index (χ0) is 27.6. The molecule has 0 aliphatic carbocycles. The lowest BCUT2D eigenvalue weighted by molar-refractivity contribution is -0.389. The summed E-state index contributed by atoms with van der Waals surface area (Å²) in [5, 5.41) is 10.9. The Bertz CT molecular complexity index is 1150. The van der Waals surface area contributed by atoms with E-state index in [0.717, 1.165) is 70.8 Å². The molecule has 5 rings (SSSR count). The van der Waals surface area contributed by atoms with E-state index in [1.54, 1.807) is 16.7 Å². The van der Waals surface area contributed by atoms with Crippen LogP contribution in [0.1, 0.15) is 25.3 Å². The van der Waals surface area contributed by atoms with Gasteiger partial charge in [0.15, 0.2) is 0 Å². The van der Waals surface area contributed by atoms with E-state index in [2.05, 4.69) is 30.5 Å². The molecule has 0 bridgehead atoms. The Morgan fingerprint density at radius 1 is 1.13 bits per heavy atom. The Labute approximate surface area is 224 Å². The van der Waals surface area contributed by atoms with Crippen LogP contribution in [0.3, 0.4) is 0 Å². The van der Waals surface area contributed by atoms with Gasteiger partial charge in [-0.3, -0.25) is 19.3 Å². The minimum atomic E-state index is -4.68. The van der Waals surface area contributed by atoms with Gasteiger partial charge in [0.2, 0.25) is 0 Å². The summed E-state index contributed by atoms with van der Waals surface area (Å²) in [5.41, 5.74) is 0.387. The average molecular weight is 551 g/mol. The first-order valence-corrected chi connectivity index (χ1v) is 13.2. The lowest BCUT2D eigenvalue weighted by Gasteiger charge is -2.43. The monoisotopic (exact) mass is 550 g/mol. The fourth-order valence-electron chi connectivity index (χ4n) is 5.71. The van der Waals surface area contributed by atoms with Crippen molar-refractivity contribution >= 4 is 11.9 Å². The number of ether oxygens (including phenoxy) is 2. The lowest BCUT2D eigenvalue weighted by Crippen LogP contribution is -2.56. The Kier molecular flexibility index (Phi) is 7.83. The van der Waals surface area contributed by atoms with Gasteiger partial charge in [0.05, 0.1) is 6.54 Å². The predicted octanol–water partition coefficient (Wildman–Crippen LogP) is 3.64. The van der Waals surface area contributed by atoms with Gasteiger partial charge in [-0.05, 0) is 55.5 Å². The smallest absolute Gasteiger partial charge is 0.436 e. The molecule has 2 saturated heterocycles. The molecule has 0 saturated carbocycles. The van der Waals surface area contributed by atoms with Crippen molar-refractivity contribution in [2.45, 2.75) is 44.3 Å². The van der Waals surface area contributed by atoms with Gasteiger partial charge in [0.1, 0.15) is 17.5 Å². The number of halogens is 3. The lowest BCUT2D eigenvalue weighted by atomic mass is 10.0. The summed E-state index contributed by atoms with van der Waals surface area (Å²) in [4.78, 5) is 21.8. The summed E-state index contributed by atoms with van der Waals surface area (Å²) in [5.74, 6) is -0.402. The van der Waals surface area contributed by atoms with Crippen molar-refractivity contribution in [3.05, 3.63) is 52.2 Å². The second-order valence-electron chi connectivity index (χ2n) is 10.7. The molecule has 0 spiro atoms. The standard InChI is InChI=1S/C26H33F3N6O4/c1-25(19-34-17-23(35(36)37)30-24(34)39-25)18-32-13-15-33(16-14-32)21-8-11-31(12-9-21)10-2-3-20-4-6-22(7-5-20)38-26(27,28)29/h2-7,17,21H,8-16,18-19H2,1H3. The molecular weight excluding hydrogens is 517 g/mol. The Morgan fingerprint density at radius 3 is 2.44 bits per heavy atom. The summed E-state index contributed by atoms with van der Waals surface area (Å²) in [7, 11) is 0. The summed E-state index contributed by atoms with van der Waals surface area (Å²) in [6.07, 6.45) is 2.95. The topological polar surface area (TPSA) is 89.1 Å². The molecule has 2 fully saturated rings. The van der Waals surface area contributed by atoms with E-state index in [1.165, 1.54) is 18.3 Å². The van der Waals surface area contributed by atoms with Crippen molar-refractivity contribution in [2.75, 3.05) is 52.4 Å². The number of rotatable bonds is 8.